The lowest BCUT2D eigenvalue weighted by molar-refractivity contribution is -0.121. The van der Waals surface area contributed by atoms with Gasteiger partial charge in [0, 0.05) is 41.8 Å². The molecule has 0 aliphatic carbocycles. The fraction of sp³-hybridized carbons (Fsp3) is 0.500. The van der Waals surface area contributed by atoms with Crippen molar-refractivity contribution in [2.75, 3.05) is 6.54 Å². The lowest BCUT2D eigenvalue weighted by Gasteiger charge is -2.27. The predicted octanol–water partition coefficient (Wildman–Crippen LogP) is 0.866. The molecule has 2 saturated heterocycles. The Morgan fingerprint density at radius 1 is 1.29 bits per heavy atom. The summed E-state index contributed by atoms with van der Waals surface area (Å²) in [5.41, 5.74) is 0.576. The Kier molecular flexibility index (Phi) is 3.45. The van der Waals surface area contributed by atoms with Crippen LogP contribution in [0.1, 0.15) is 40.2 Å². The first kappa shape index (κ1) is 15.3. The summed E-state index contributed by atoms with van der Waals surface area (Å²) in [7, 11) is 0. The molecule has 4 heterocycles. The molecule has 2 atom stereocenters. The maximum absolute atomic E-state index is 13.0. The highest BCUT2D eigenvalue weighted by Gasteiger charge is 2.41. The van der Waals surface area contributed by atoms with E-state index in [1.165, 1.54) is 21.9 Å². The first-order valence-corrected chi connectivity index (χ1v) is 8.86. The van der Waals surface area contributed by atoms with Crippen LogP contribution >= 0.6 is 11.3 Å². The third kappa shape index (κ3) is 2.16. The molecule has 2 amide bonds. The van der Waals surface area contributed by atoms with E-state index in [-0.39, 0.29) is 35.0 Å². The van der Waals surface area contributed by atoms with Gasteiger partial charge in [-0.3, -0.25) is 18.8 Å². The van der Waals surface area contributed by atoms with E-state index in [1.54, 1.807) is 4.90 Å². The highest BCUT2D eigenvalue weighted by Crippen LogP contribution is 2.29. The van der Waals surface area contributed by atoms with E-state index in [0.717, 1.165) is 23.4 Å². The van der Waals surface area contributed by atoms with Gasteiger partial charge < -0.3 is 10.2 Å². The molecule has 2 aromatic rings. The molecule has 7 nitrogen and oxygen atoms in total. The number of hydrogen-bond acceptors (Lipinski definition) is 5. The first-order chi connectivity index (χ1) is 11.5. The zero-order chi connectivity index (χ0) is 17.0. The smallest absolute Gasteiger partial charge is 0.271 e. The van der Waals surface area contributed by atoms with Crippen molar-refractivity contribution in [3.8, 4) is 0 Å². The first-order valence-electron chi connectivity index (χ1n) is 8.04. The predicted molar refractivity (Wildman–Crippen MR) is 89.4 cm³/mol. The number of carbonyl (C=O) groups excluding carboxylic acids is 2. The largest absolute Gasteiger partial charge is 0.354 e. The summed E-state index contributed by atoms with van der Waals surface area (Å²) in [4.78, 5) is 45.2. The van der Waals surface area contributed by atoms with E-state index in [4.69, 9.17) is 0 Å². The number of fused-ring (bicyclic) bond motifs is 3. The molecule has 2 aliphatic heterocycles. The number of amides is 2. The Labute approximate surface area is 142 Å². The normalized spacial score (nSPS) is 23.4. The van der Waals surface area contributed by atoms with Crippen LogP contribution in [-0.4, -0.2) is 44.7 Å². The van der Waals surface area contributed by atoms with Crippen molar-refractivity contribution in [1.82, 2.24) is 19.6 Å². The average molecular weight is 346 g/mol. The Morgan fingerprint density at radius 3 is 2.83 bits per heavy atom. The molecule has 0 aromatic carbocycles. The monoisotopic (exact) mass is 346 g/mol. The number of nitrogens with zero attached hydrogens (tertiary/aromatic N) is 3. The average Bonchev–Trinajstić information content (AvgIpc) is 3.00. The van der Waals surface area contributed by atoms with Crippen molar-refractivity contribution in [2.24, 2.45) is 0 Å². The van der Waals surface area contributed by atoms with Crippen molar-refractivity contribution < 1.29 is 9.59 Å². The number of carbonyl (C=O) groups is 2. The molecule has 2 fully saturated rings. The van der Waals surface area contributed by atoms with Gasteiger partial charge in [-0.1, -0.05) is 0 Å². The van der Waals surface area contributed by atoms with Gasteiger partial charge in [0.05, 0.1) is 0 Å². The van der Waals surface area contributed by atoms with E-state index in [0.29, 0.717) is 17.9 Å². The lowest BCUT2D eigenvalue weighted by Crippen LogP contribution is -2.44. The van der Waals surface area contributed by atoms with Crippen molar-refractivity contribution in [2.45, 2.75) is 45.2 Å². The molecule has 24 heavy (non-hydrogen) atoms. The van der Waals surface area contributed by atoms with Gasteiger partial charge in [-0.05, 0) is 26.7 Å². The zero-order valence-corrected chi connectivity index (χ0v) is 14.4. The molecule has 2 aliphatic rings. The van der Waals surface area contributed by atoms with Crippen LogP contribution in [0.2, 0.25) is 0 Å². The molecule has 2 aromatic heterocycles. The maximum Gasteiger partial charge on any atom is 0.271 e. The number of aromatic nitrogens is 2. The van der Waals surface area contributed by atoms with E-state index in [2.05, 4.69) is 10.3 Å². The van der Waals surface area contributed by atoms with Crippen LogP contribution in [0, 0.1) is 13.8 Å². The van der Waals surface area contributed by atoms with Crippen LogP contribution in [-0.2, 0) is 4.79 Å². The lowest BCUT2D eigenvalue weighted by atomic mass is 10.1. The van der Waals surface area contributed by atoms with E-state index < -0.39 is 0 Å². The van der Waals surface area contributed by atoms with Crippen molar-refractivity contribution in [3.05, 3.63) is 32.7 Å². The number of rotatable bonds is 1. The Bertz CT molecular complexity index is 916. The van der Waals surface area contributed by atoms with Crippen LogP contribution < -0.4 is 10.9 Å². The van der Waals surface area contributed by atoms with Crippen LogP contribution in [0.3, 0.4) is 0 Å². The fourth-order valence-corrected chi connectivity index (χ4v) is 4.60. The summed E-state index contributed by atoms with van der Waals surface area (Å²) in [5, 5.41) is 2.84. The summed E-state index contributed by atoms with van der Waals surface area (Å²) >= 11 is 1.44. The molecule has 8 heteroatoms. The van der Waals surface area contributed by atoms with Crippen molar-refractivity contribution >= 4 is 28.1 Å². The maximum atomic E-state index is 13.0. The van der Waals surface area contributed by atoms with Crippen LogP contribution in [0.4, 0.5) is 0 Å². The summed E-state index contributed by atoms with van der Waals surface area (Å²) in [5.74, 6) is -0.344. The minimum absolute atomic E-state index is 0.0328. The third-order valence-corrected chi connectivity index (χ3v) is 6.13. The highest BCUT2D eigenvalue weighted by molar-refractivity contribution is 7.17. The Balaban J connectivity index is 1.79. The van der Waals surface area contributed by atoms with Crippen LogP contribution in [0.15, 0.2) is 11.0 Å². The van der Waals surface area contributed by atoms with Crippen LogP contribution in [0.25, 0.3) is 4.96 Å². The fourth-order valence-electron chi connectivity index (χ4n) is 3.67. The van der Waals surface area contributed by atoms with E-state index in [1.807, 2.05) is 13.8 Å². The van der Waals surface area contributed by atoms with Crippen LogP contribution in [0.5, 0.6) is 0 Å². The molecule has 4 rings (SSSR count). The van der Waals surface area contributed by atoms with Gasteiger partial charge in [0.25, 0.3) is 11.5 Å². The quantitative estimate of drug-likeness (QED) is 0.830. The van der Waals surface area contributed by atoms with Gasteiger partial charge in [-0.25, -0.2) is 4.98 Å². The molecular formula is C16H18N4O3S. The van der Waals surface area contributed by atoms with Gasteiger partial charge in [0.2, 0.25) is 5.91 Å². The number of nitrogens with one attached hydrogen (secondary N) is 1. The highest BCUT2D eigenvalue weighted by atomic mass is 32.1. The molecule has 0 radical (unpaired) electrons. The molecule has 1 N–H and O–H groups in total. The SMILES string of the molecule is Cc1sc2ncc(C(=O)N3[C@@H]4CC[C@H]3CNC(=O)C4)c(=O)n2c1C. The number of thiazole rings is 1. The molecule has 0 saturated carbocycles. The summed E-state index contributed by atoms with van der Waals surface area (Å²) in [6, 6.07) is -0.172. The second-order valence-corrected chi connectivity index (χ2v) is 7.63. The number of hydrogen-bond donors (Lipinski definition) is 1. The van der Waals surface area contributed by atoms with Gasteiger partial charge in [-0.2, -0.15) is 0 Å². The van der Waals surface area contributed by atoms with Gasteiger partial charge in [0.15, 0.2) is 4.96 Å². The number of aryl methyl sites for hydroxylation is 2. The minimum atomic E-state index is -0.324. The summed E-state index contributed by atoms with van der Waals surface area (Å²) in [6.45, 7) is 4.24. The van der Waals surface area contributed by atoms with Gasteiger partial charge >= 0.3 is 0 Å². The Hall–Kier alpha value is -2.22. The molecule has 0 unspecified atom stereocenters. The molecule has 0 spiro atoms. The van der Waals surface area contributed by atoms with Crippen molar-refractivity contribution in [1.29, 1.82) is 0 Å². The summed E-state index contributed by atoms with van der Waals surface area (Å²) < 4.78 is 1.51. The Morgan fingerprint density at radius 2 is 2.04 bits per heavy atom. The van der Waals surface area contributed by atoms with Gasteiger partial charge in [-0.15, -0.1) is 11.3 Å². The van der Waals surface area contributed by atoms with E-state index >= 15 is 0 Å². The summed E-state index contributed by atoms with van der Waals surface area (Å²) in [6.07, 6.45) is 3.34. The third-order valence-electron chi connectivity index (χ3n) is 5.06. The molecular weight excluding hydrogens is 328 g/mol. The second kappa shape index (κ2) is 5.41. The topological polar surface area (TPSA) is 83.8 Å². The second-order valence-electron chi connectivity index (χ2n) is 6.44. The molecule has 2 bridgehead atoms. The zero-order valence-electron chi connectivity index (χ0n) is 13.5. The minimum Gasteiger partial charge on any atom is -0.354 e. The van der Waals surface area contributed by atoms with E-state index in [9.17, 15) is 14.4 Å². The standard InChI is InChI=1S/C16H18N4O3S/c1-8-9(2)24-16-18-7-12(14(22)19(8)16)15(23)20-10-3-4-11(20)6-17-13(21)5-10/h7,10-11H,3-6H2,1-2H3,(H,17,21)/t10-,11+/m1/s1. The molecule has 126 valence electrons. The van der Waals surface area contributed by atoms with Gasteiger partial charge in [0.1, 0.15) is 5.56 Å². The van der Waals surface area contributed by atoms with Crippen molar-refractivity contribution in [3.63, 3.8) is 0 Å².